The molecular formula is C29H41ClN6OS. The largest absolute Gasteiger partial charge is 0.381 e. The molecule has 0 unspecified atom stereocenters. The standard InChI is InChI=1S/C29H41ClN6OS/c1-21-6-4-12-35(18-21)25-17-26(36-13-5-7-22(2)19-36)33-27(32-25)34-28(38)31-20-29(10-14-37-15-11-29)23-8-3-9-24(30)16-23/h3,8-9,16-17,21-22H,4-7,10-15,18-20H2,1-2H3,(H2,31,32,33,34,38)/t21-,22-/m1/s1. The molecule has 1 aromatic carbocycles. The summed E-state index contributed by atoms with van der Waals surface area (Å²) in [6.07, 6.45) is 6.77. The molecule has 3 aliphatic heterocycles. The van der Waals surface area contributed by atoms with Gasteiger partial charge in [0.05, 0.1) is 0 Å². The lowest BCUT2D eigenvalue weighted by atomic mass is 9.74. The number of nitrogens with one attached hydrogen (secondary N) is 2. The molecule has 2 N–H and O–H groups in total. The van der Waals surface area contributed by atoms with Crippen LogP contribution in [0.4, 0.5) is 17.6 Å². The van der Waals surface area contributed by atoms with E-state index in [2.05, 4.69) is 52.5 Å². The van der Waals surface area contributed by atoms with Crippen LogP contribution in [0.15, 0.2) is 30.3 Å². The first-order valence-electron chi connectivity index (χ1n) is 14.2. The molecule has 9 heteroatoms. The molecule has 0 saturated carbocycles. The van der Waals surface area contributed by atoms with Gasteiger partial charge in [-0.25, -0.2) is 0 Å². The van der Waals surface area contributed by atoms with Crippen molar-refractivity contribution in [1.29, 1.82) is 0 Å². The minimum absolute atomic E-state index is 0.0867. The minimum Gasteiger partial charge on any atom is -0.381 e. The first kappa shape index (κ1) is 27.4. The van der Waals surface area contributed by atoms with E-state index in [-0.39, 0.29) is 5.41 Å². The molecule has 3 saturated heterocycles. The van der Waals surface area contributed by atoms with Crippen LogP contribution >= 0.6 is 23.8 Å². The van der Waals surface area contributed by atoms with Crippen molar-refractivity contribution < 1.29 is 4.74 Å². The van der Waals surface area contributed by atoms with E-state index in [0.717, 1.165) is 68.9 Å². The van der Waals surface area contributed by atoms with Crippen LogP contribution in [0.3, 0.4) is 0 Å². The summed E-state index contributed by atoms with van der Waals surface area (Å²) >= 11 is 12.1. The van der Waals surface area contributed by atoms with E-state index in [1.807, 2.05) is 12.1 Å². The third-order valence-electron chi connectivity index (χ3n) is 8.36. The van der Waals surface area contributed by atoms with Gasteiger partial charge in [0.15, 0.2) is 5.11 Å². The van der Waals surface area contributed by atoms with Crippen LogP contribution in [0.5, 0.6) is 0 Å². The Balaban J connectivity index is 1.33. The van der Waals surface area contributed by atoms with Crippen LogP contribution in [-0.2, 0) is 10.2 Å². The van der Waals surface area contributed by atoms with E-state index in [9.17, 15) is 0 Å². The summed E-state index contributed by atoms with van der Waals surface area (Å²) < 4.78 is 5.70. The topological polar surface area (TPSA) is 65.5 Å². The number of thiocarbonyl (C=S) groups is 1. The van der Waals surface area contributed by atoms with Gasteiger partial charge in [-0.1, -0.05) is 37.6 Å². The second kappa shape index (κ2) is 12.3. The number of hydrogen-bond acceptors (Lipinski definition) is 6. The van der Waals surface area contributed by atoms with Crippen molar-refractivity contribution in [3.8, 4) is 0 Å². The molecule has 5 rings (SSSR count). The predicted octanol–water partition coefficient (Wildman–Crippen LogP) is 5.64. The number of aromatic nitrogens is 2. The fourth-order valence-corrected chi connectivity index (χ4v) is 6.49. The zero-order valence-corrected chi connectivity index (χ0v) is 24.3. The fourth-order valence-electron chi connectivity index (χ4n) is 6.14. The maximum Gasteiger partial charge on any atom is 0.232 e. The zero-order chi connectivity index (χ0) is 26.5. The van der Waals surface area contributed by atoms with Crippen molar-refractivity contribution in [2.24, 2.45) is 11.8 Å². The van der Waals surface area contributed by atoms with Gasteiger partial charge < -0.3 is 25.2 Å². The molecule has 4 heterocycles. The molecule has 0 aliphatic carbocycles. The van der Waals surface area contributed by atoms with Crippen molar-refractivity contribution in [1.82, 2.24) is 15.3 Å². The maximum atomic E-state index is 6.36. The molecule has 0 spiro atoms. The number of nitrogens with zero attached hydrogens (tertiary/aromatic N) is 4. The molecule has 7 nitrogen and oxygen atoms in total. The number of benzene rings is 1. The van der Waals surface area contributed by atoms with E-state index < -0.39 is 0 Å². The van der Waals surface area contributed by atoms with Gasteiger partial charge >= 0.3 is 0 Å². The molecule has 38 heavy (non-hydrogen) atoms. The average molecular weight is 557 g/mol. The van der Waals surface area contributed by atoms with Gasteiger partial charge in [0.1, 0.15) is 11.6 Å². The highest BCUT2D eigenvalue weighted by Crippen LogP contribution is 2.35. The molecule has 1 aromatic heterocycles. The molecule has 2 aromatic rings. The number of halogens is 1. The summed E-state index contributed by atoms with van der Waals surface area (Å²) in [4.78, 5) is 14.7. The smallest absolute Gasteiger partial charge is 0.232 e. The first-order valence-corrected chi connectivity index (χ1v) is 15.0. The van der Waals surface area contributed by atoms with Crippen LogP contribution in [0.1, 0.15) is 57.9 Å². The van der Waals surface area contributed by atoms with E-state index in [4.69, 9.17) is 38.5 Å². The van der Waals surface area contributed by atoms with E-state index in [0.29, 0.717) is 29.4 Å². The normalized spacial score (nSPS) is 23.7. The summed E-state index contributed by atoms with van der Waals surface area (Å²) in [7, 11) is 0. The Morgan fingerprint density at radius 1 is 1.03 bits per heavy atom. The molecule has 0 radical (unpaired) electrons. The van der Waals surface area contributed by atoms with Crippen LogP contribution in [0.25, 0.3) is 0 Å². The quantitative estimate of drug-likeness (QED) is 0.443. The molecule has 3 fully saturated rings. The lowest BCUT2D eigenvalue weighted by Crippen LogP contribution is -2.45. The van der Waals surface area contributed by atoms with Crippen LogP contribution < -0.4 is 20.4 Å². The van der Waals surface area contributed by atoms with Gasteiger partial charge in [-0.05, 0) is 80.3 Å². The SMILES string of the molecule is C[C@@H]1CCCN(c2cc(N3CCC[C@@H](C)C3)nc(NC(=S)NCC3(c4cccc(Cl)c4)CCOCC3)n2)C1. The fraction of sp³-hybridized carbons (Fsp3) is 0.621. The predicted molar refractivity (Wildman–Crippen MR) is 161 cm³/mol. The Labute approximate surface area is 237 Å². The summed E-state index contributed by atoms with van der Waals surface area (Å²) in [5.41, 5.74) is 1.14. The van der Waals surface area contributed by atoms with E-state index >= 15 is 0 Å². The summed E-state index contributed by atoms with van der Waals surface area (Å²) in [5, 5.41) is 8.11. The van der Waals surface area contributed by atoms with E-state index in [1.54, 1.807) is 0 Å². The minimum atomic E-state index is -0.0867. The number of ether oxygens (including phenoxy) is 1. The van der Waals surface area contributed by atoms with Gasteiger partial charge in [0.25, 0.3) is 0 Å². The lowest BCUT2D eigenvalue weighted by Gasteiger charge is -2.38. The number of anilines is 3. The molecule has 206 valence electrons. The van der Waals surface area contributed by atoms with Gasteiger partial charge in [-0.3, -0.25) is 0 Å². The summed E-state index contributed by atoms with van der Waals surface area (Å²) in [6.45, 7) is 10.9. The third-order valence-corrected chi connectivity index (χ3v) is 8.84. The Kier molecular flexibility index (Phi) is 8.91. The molecular weight excluding hydrogens is 516 g/mol. The zero-order valence-electron chi connectivity index (χ0n) is 22.7. The Hall–Kier alpha value is -2.16. The molecule has 3 aliphatic rings. The van der Waals surface area contributed by atoms with Gasteiger partial charge in [0.2, 0.25) is 5.95 Å². The number of hydrogen-bond donors (Lipinski definition) is 2. The Morgan fingerprint density at radius 2 is 1.66 bits per heavy atom. The molecule has 2 atom stereocenters. The van der Waals surface area contributed by atoms with Gasteiger partial charge in [0, 0.05) is 62.4 Å². The summed E-state index contributed by atoms with van der Waals surface area (Å²) in [5.74, 6) is 3.88. The Bertz CT molecular complexity index is 1070. The van der Waals surface area contributed by atoms with Crippen molar-refractivity contribution >= 4 is 46.5 Å². The lowest BCUT2D eigenvalue weighted by molar-refractivity contribution is 0.0515. The number of rotatable bonds is 6. The van der Waals surface area contributed by atoms with Crippen molar-refractivity contribution in [3.05, 3.63) is 40.9 Å². The van der Waals surface area contributed by atoms with Gasteiger partial charge in [-0.2, -0.15) is 9.97 Å². The number of piperidine rings is 2. The van der Waals surface area contributed by atoms with Crippen LogP contribution in [0, 0.1) is 11.8 Å². The second-order valence-corrected chi connectivity index (χ2v) is 12.4. The maximum absolute atomic E-state index is 6.36. The van der Waals surface area contributed by atoms with E-state index in [1.165, 1.54) is 31.2 Å². The molecule has 0 amide bonds. The van der Waals surface area contributed by atoms with Crippen molar-refractivity contribution in [2.75, 3.05) is 61.1 Å². The van der Waals surface area contributed by atoms with Crippen molar-refractivity contribution in [2.45, 2.75) is 57.8 Å². The second-order valence-electron chi connectivity index (χ2n) is 11.5. The van der Waals surface area contributed by atoms with Gasteiger partial charge in [-0.15, -0.1) is 0 Å². The van der Waals surface area contributed by atoms with Crippen LogP contribution in [-0.4, -0.2) is 61.0 Å². The highest BCUT2D eigenvalue weighted by molar-refractivity contribution is 7.80. The summed E-state index contributed by atoms with van der Waals surface area (Å²) in [6, 6.07) is 10.4. The van der Waals surface area contributed by atoms with Crippen molar-refractivity contribution in [3.63, 3.8) is 0 Å². The van der Waals surface area contributed by atoms with Crippen LogP contribution in [0.2, 0.25) is 5.02 Å². The molecule has 0 bridgehead atoms. The monoisotopic (exact) mass is 556 g/mol. The Morgan fingerprint density at radius 3 is 2.24 bits per heavy atom. The first-order chi connectivity index (χ1) is 18.4. The highest BCUT2D eigenvalue weighted by atomic mass is 35.5. The third kappa shape index (κ3) is 6.69. The average Bonchev–Trinajstić information content (AvgIpc) is 2.92. The highest BCUT2D eigenvalue weighted by Gasteiger charge is 2.35.